The molecule has 28 heavy (non-hydrogen) atoms. The van der Waals surface area contributed by atoms with E-state index in [4.69, 9.17) is 4.74 Å². The zero-order valence-corrected chi connectivity index (χ0v) is 16.1. The van der Waals surface area contributed by atoms with Crippen LogP contribution in [0, 0.1) is 0 Å². The van der Waals surface area contributed by atoms with Gasteiger partial charge in [0.25, 0.3) is 0 Å². The summed E-state index contributed by atoms with van der Waals surface area (Å²) in [4.78, 5) is 26.0. The topological polar surface area (TPSA) is 63.6 Å². The summed E-state index contributed by atoms with van der Waals surface area (Å²) in [5.74, 6) is -1.48. The highest BCUT2D eigenvalue weighted by molar-refractivity contribution is 6.28. The molecule has 0 aliphatic rings. The highest BCUT2D eigenvalue weighted by Crippen LogP contribution is 2.28. The van der Waals surface area contributed by atoms with E-state index in [-0.39, 0.29) is 16.9 Å². The Morgan fingerprint density at radius 1 is 0.893 bits per heavy atom. The van der Waals surface area contributed by atoms with Crippen LogP contribution in [0.2, 0.25) is 0 Å². The predicted octanol–water partition coefficient (Wildman–Crippen LogP) is 5.15. The maximum atomic E-state index is 13.2. The van der Waals surface area contributed by atoms with Crippen molar-refractivity contribution in [2.75, 3.05) is 0 Å². The maximum Gasteiger partial charge on any atom is 0.342 e. The molecule has 4 nitrogen and oxygen atoms in total. The van der Waals surface area contributed by atoms with Gasteiger partial charge >= 0.3 is 5.97 Å². The van der Waals surface area contributed by atoms with Gasteiger partial charge in [-0.05, 0) is 55.3 Å². The summed E-state index contributed by atoms with van der Waals surface area (Å²) in [6, 6.07) is 19.6. The van der Waals surface area contributed by atoms with Crippen LogP contribution in [-0.4, -0.2) is 22.5 Å². The summed E-state index contributed by atoms with van der Waals surface area (Å²) in [7, 11) is 0. The van der Waals surface area contributed by atoms with Crippen molar-refractivity contribution in [3.8, 4) is 5.75 Å². The molecule has 3 aromatic carbocycles. The molecule has 142 valence electrons. The predicted molar refractivity (Wildman–Crippen MR) is 110 cm³/mol. The molecule has 0 saturated carbocycles. The fourth-order valence-corrected chi connectivity index (χ4v) is 2.82. The molecule has 0 saturated heterocycles. The minimum Gasteiger partial charge on any atom is -0.507 e. The number of rotatable bonds is 4. The monoisotopic (exact) mass is 374 g/mol. The van der Waals surface area contributed by atoms with Crippen molar-refractivity contribution >= 4 is 28.6 Å². The molecule has 0 heterocycles. The van der Waals surface area contributed by atoms with Crippen molar-refractivity contribution in [3.05, 3.63) is 83.4 Å². The van der Waals surface area contributed by atoms with Crippen LogP contribution in [0.1, 0.15) is 36.7 Å². The van der Waals surface area contributed by atoms with E-state index in [1.165, 1.54) is 12.1 Å². The van der Waals surface area contributed by atoms with Gasteiger partial charge in [0.05, 0.1) is 5.56 Å². The van der Waals surface area contributed by atoms with Crippen LogP contribution in [0.15, 0.2) is 72.3 Å². The van der Waals surface area contributed by atoms with Crippen LogP contribution in [0.3, 0.4) is 0 Å². The van der Waals surface area contributed by atoms with Crippen molar-refractivity contribution in [3.63, 3.8) is 0 Å². The number of esters is 1. The summed E-state index contributed by atoms with van der Waals surface area (Å²) in [6.07, 6.45) is 1.49. The number of ketones is 1. The van der Waals surface area contributed by atoms with E-state index in [1.54, 1.807) is 39.0 Å². The average Bonchev–Trinajstić information content (AvgIpc) is 2.64. The Morgan fingerprint density at radius 3 is 2.07 bits per heavy atom. The van der Waals surface area contributed by atoms with Crippen LogP contribution >= 0.6 is 0 Å². The Kier molecular flexibility index (Phi) is 5.32. The number of ether oxygens (including phenoxy) is 1. The van der Waals surface area contributed by atoms with E-state index in [0.29, 0.717) is 5.56 Å². The molecule has 0 amide bonds. The van der Waals surface area contributed by atoms with Crippen LogP contribution in [0.5, 0.6) is 5.75 Å². The van der Waals surface area contributed by atoms with Crippen molar-refractivity contribution in [2.24, 2.45) is 0 Å². The third-order valence-corrected chi connectivity index (χ3v) is 4.08. The zero-order chi connectivity index (χ0) is 20.3. The Labute approximate surface area is 164 Å². The van der Waals surface area contributed by atoms with E-state index < -0.39 is 17.4 Å². The normalized spacial score (nSPS) is 12.0. The van der Waals surface area contributed by atoms with Crippen LogP contribution in [0.4, 0.5) is 0 Å². The van der Waals surface area contributed by atoms with Gasteiger partial charge in [-0.1, -0.05) is 54.6 Å². The van der Waals surface area contributed by atoms with Gasteiger partial charge in [0.2, 0.25) is 5.78 Å². The molecule has 3 rings (SSSR count). The highest BCUT2D eigenvalue weighted by atomic mass is 16.6. The standard InChI is InChI=1S/C24H22O4/c1-24(2,3)28-23(27)20(13-16-9-5-4-6-10-16)22(26)19-14-17-11-7-8-12-18(17)15-21(19)25/h4-15,25H,1-3H3/b20-13+. The minimum absolute atomic E-state index is 0.0618. The van der Waals surface area contributed by atoms with Crippen molar-refractivity contribution < 1.29 is 19.4 Å². The molecule has 0 unspecified atom stereocenters. The van der Waals surface area contributed by atoms with Gasteiger partial charge in [-0.3, -0.25) is 4.79 Å². The van der Waals surface area contributed by atoms with Crippen molar-refractivity contribution in [1.29, 1.82) is 0 Å². The number of phenols is 1. The lowest BCUT2D eigenvalue weighted by atomic mass is 9.97. The number of hydrogen-bond acceptors (Lipinski definition) is 4. The number of Topliss-reactive ketones (excluding diaryl/α,β-unsaturated/α-hetero) is 1. The number of aromatic hydroxyl groups is 1. The molecule has 1 N–H and O–H groups in total. The molecule has 0 spiro atoms. The molecule has 0 atom stereocenters. The third-order valence-electron chi connectivity index (χ3n) is 4.08. The molecular weight excluding hydrogens is 352 g/mol. The highest BCUT2D eigenvalue weighted by Gasteiger charge is 2.27. The maximum absolute atomic E-state index is 13.2. The number of benzene rings is 3. The summed E-state index contributed by atoms with van der Waals surface area (Å²) in [5.41, 5.74) is -0.131. The summed E-state index contributed by atoms with van der Waals surface area (Å²) >= 11 is 0. The van der Waals surface area contributed by atoms with Gasteiger partial charge in [0, 0.05) is 0 Å². The second-order valence-corrected chi connectivity index (χ2v) is 7.52. The number of carbonyl (C=O) groups is 2. The van der Waals surface area contributed by atoms with Crippen molar-refractivity contribution in [2.45, 2.75) is 26.4 Å². The Hall–Kier alpha value is -3.40. The van der Waals surface area contributed by atoms with Crippen LogP contribution < -0.4 is 0 Å². The number of carbonyl (C=O) groups excluding carboxylic acids is 2. The van der Waals surface area contributed by atoms with Gasteiger partial charge in [0.1, 0.15) is 16.9 Å². The Morgan fingerprint density at radius 2 is 1.46 bits per heavy atom. The largest absolute Gasteiger partial charge is 0.507 e. The van der Waals surface area contributed by atoms with E-state index in [9.17, 15) is 14.7 Å². The number of hydrogen-bond donors (Lipinski definition) is 1. The second kappa shape index (κ2) is 7.69. The lowest BCUT2D eigenvalue weighted by molar-refractivity contribution is -0.149. The molecule has 4 heteroatoms. The van der Waals surface area contributed by atoms with Gasteiger partial charge in [-0.2, -0.15) is 0 Å². The fraction of sp³-hybridized carbons (Fsp3) is 0.167. The van der Waals surface area contributed by atoms with Crippen LogP contribution in [0.25, 0.3) is 16.8 Å². The first-order valence-corrected chi connectivity index (χ1v) is 9.01. The zero-order valence-electron chi connectivity index (χ0n) is 16.1. The van der Waals surface area contributed by atoms with Gasteiger partial charge in [-0.25, -0.2) is 4.79 Å². The molecule has 0 aromatic heterocycles. The van der Waals surface area contributed by atoms with E-state index in [2.05, 4.69) is 0 Å². The van der Waals surface area contributed by atoms with E-state index >= 15 is 0 Å². The second-order valence-electron chi connectivity index (χ2n) is 7.52. The lowest BCUT2D eigenvalue weighted by Gasteiger charge is -2.20. The Bertz CT molecular complexity index is 1060. The third kappa shape index (κ3) is 4.46. The fourth-order valence-electron chi connectivity index (χ4n) is 2.82. The molecule has 0 fully saturated rings. The number of fused-ring (bicyclic) bond motifs is 1. The number of phenolic OH excluding ortho intramolecular Hbond substituents is 1. The molecule has 0 radical (unpaired) electrons. The first-order valence-electron chi connectivity index (χ1n) is 9.01. The van der Waals surface area contributed by atoms with E-state index in [1.807, 2.05) is 42.5 Å². The van der Waals surface area contributed by atoms with Gasteiger partial charge in [0.15, 0.2) is 0 Å². The van der Waals surface area contributed by atoms with Gasteiger partial charge < -0.3 is 9.84 Å². The summed E-state index contributed by atoms with van der Waals surface area (Å²) < 4.78 is 5.43. The molecule has 0 bridgehead atoms. The SMILES string of the molecule is CC(C)(C)OC(=O)/C(=C/c1ccccc1)C(=O)c1cc2ccccc2cc1O. The average molecular weight is 374 g/mol. The first-order chi connectivity index (χ1) is 13.2. The molecule has 0 aliphatic heterocycles. The summed E-state index contributed by atoms with van der Waals surface area (Å²) in [6.45, 7) is 5.22. The van der Waals surface area contributed by atoms with Gasteiger partial charge in [-0.15, -0.1) is 0 Å². The quantitative estimate of drug-likeness (QED) is 0.225. The summed E-state index contributed by atoms with van der Waals surface area (Å²) in [5, 5.41) is 12.0. The lowest BCUT2D eigenvalue weighted by Crippen LogP contribution is -2.27. The smallest absolute Gasteiger partial charge is 0.342 e. The molecular formula is C24H22O4. The molecule has 0 aliphatic carbocycles. The first kappa shape index (κ1) is 19.4. The molecule has 3 aromatic rings. The van der Waals surface area contributed by atoms with Crippen molar-refractivity contribution in [1.82, 2.24) is 0 Å². The van der Waals surface area contributed by atoms with Crippen LogP contribution in [-0.2, 0) is 9.53 Å². The van der Waals surface area contributed by atoms with E-state index in [0.717, 1.165) is 10.8 Å². The minimum atomic E-state index is -0.751. The Balaban J connectivity index is 2.09.